The van der Waals surface area contributed by atoms with Gasteiger partial charge >= 0.3 is 0 Å². The Morgan fingerprint density at radius 3 is 2.50 bits per heavy atom. The van der Waals surface area contributed by atoms with Crippen LogP contribution in [0.2, 0.25) is 0 Å². The van der Waals surface area contributed by atoms with Crippen molar-refractivity contribution in [3.05, 3.63) is 0 Å². The van der Waals surface area contributed by atoms with Gasteiger partial charge in [0, 0.05) is 6.61 Å². The first-order valence-electron chi connectivity index (χ1n) is 5.77. The quantitative estimate of drug-likeness (QED) is 0.465. The summed E-state index contributed by atoms with van der Waals surface area (Å²) < 4.78 is 10.5. The lowest BCUT2D eigenvalue weighted by molar-refractivity contribution is 0.112. The van der Waals surface area contributed by atoms with E-state index in [0.717, 1.165) is 19.8 Å². The molecule has 1 rings (SSSR count). The third kappa shape index (κ3) is 7.34. The molecule has 1 saturated heterocycles. The molecule has 1 aliphatic rings. The van der Waals surface area contributed by atoms with Crippen molar-refractivity contribution in [2.45, 2.75) is 52.6 Å². The van der Waals surface area contributed by atoms with E-state index < -0.39 is 0 Å². The fourth-order valence-corrected chi connectivity index (χ4v) is 1.42. The van der Waals surface area contributed by atoms with Crippen LogP contribution in [0, 0.1) is 5.41 Å². The maximum absolute atomic E-state index is 5.46. The lowest BCUT2D eigenvalue weighted by Crippen LogP contribution is -2.05. The average Bonchev–Trinajstić information content (AvgIpc) is 2.84. The highest BCUT2D eigenvalue weighted by Gasteiger charge is 2.21. The molecule has 0 saturated carbocycles. The molecular formula is C12H24O2. The van der Waals surface area contributed by atoms with Gasteiger partial charge in [-0.2, -0.15) is 0 Å². The molecule has 0 N–H and O–H groups in total. The fourth-order valence-electron chi connectivity index (χ4n) is 1.42. The minimum Gasteiger partial charge on any atom is -0.379 e. The van der Waals surface area contributed by atoms with Gasteiger partial charge in [-0.3, -0.25) is 0 Å². The van der Waals surface area contributed by atoms with E-state index in [4.69, 9.17) is 9.47 Å². The van der Waals surface area contributed by atoms with Crippen LogP contribution in [0.25, 0.3) is 0 Å². The summed E-state index contributed by atoms with van der Waals surface area (Å²) in [5.74, 6) is 0. The Bertz CT molecular complexity index is 145. The number of hydrogen-bond acceptors (Lipinski definition) is 2. The van der Waals surface area contributed by atoms with E-state index >= 15 is 0 Å². The van der Waals surface area contributed by atoms with Crippen LogP contribution in [0.1, 0.15) is 46.5 Å². The van der Waals surface area contributed by atoms with Crippen LogP contribution in [0.5, 0.6) is 0 Å². The molecule has 1 fully saturated rings. The largest absolute Gasteiger partial charge is 0.379 e. The van der Waals surface area contributed by atoms with Gasteiger partial charge in [0.2, 0.25) is 0 Å². The van der Waals surface area contributed by atoms with E-state index in [1.54, 1.807) is 0 Å². The molecule has 1 atom stereocenters. The van der Waals surface area contributed by atoms with Crippen molar-refractivity contribution in [1.82, 2.24) is 0 Å². The van der Waals surface area contributed by atoms with Crippen molar-refractivity contribution in [2.75, 3.05) is 19.8 Å². The summed E-state index contributed by atoms with van der Waals surface area (Å²) in [4.78, 5) is 0. The first-order chi connectivity index (χ1) is 6.58. The number of hydrogen-bond donors (Lipinski definition) is 0. The van der Waals surface area contributed by atoms with Crippen molar-refractivity contribution < 1.29 is 9.47 Å². The van der Waals surface area contributed by atoms with E-state index in [1.807, 2.05) is 0 Å². The summed E-state index contributed by atoms with van der Waals surface area (Å²) in [6.45, 7) is 9.52. The van der Waals surface area contributed by atoms with Gasteiger partial charge in [-0.1, -0.05) is 33.6 Å². The van der Waals surface area contributed by atoms with Crippen molar-refractivity contribution in [3.8, 4) is 0 Å². The number of unbranched alkanes of at least 4 members (excludes halogenated alkanes) is 2. The zero-order chi connectivity index (χ0) is 10.4. The van der Waals surface area contributed by atoms with Crippen LogP contribution in [-0.2, 0) is 9.47 Å². The first-order valence-corrected chi connectivity index (χ1v) is 5.77. The van der Waals surface area contributed by atoms with Gasteiger partial charge in [0.15, 0.2) is 0 Å². The van der Waals surface area contributed by atoms with Crippen LogP contribution in [0.4, 0.5) is 0 Å². The standard InChI is InChI=1S/C12H24O2/c1-12(2,3)7-5-4-6-8-13-9-11-10-14-11/h11H,4-10H2,1-3H3. The number of epoxide rings is 1. The van der Waals surface area contributed by atoms with E-state index in [0.29, 0.717) is 11.5 Å². The zero-order valence-corrected chi connectivity index (χ0v) is 9.84. The molecule has 1 heterocycles. The van der Waals surface area contributed by atoms with Gasteiger partial charge in [-0.25, -0.2) is 0 Å². The third-order valence-electron chi connectivity index (χ3n) is 2.42. The molecule has 2 nitrogen and oxygen atoms in total. The highest BCUT2D eigenvalue weighted by Crippen LogP contribution is 2.21. The minimum atomic E-state index is 0.421. The fraction of sp³-hybridized carbons (Fsp3) is 1.00. The number of rotatable bonds is 7. The Hall–Kier alpha value is -0.0800. The normalized spacial score (nSPS) is 21.2. The maximum Gasteiger partial charge on any atom is 0.104 e. The summed E-state index contributed by atoms with van der Waals surface area (Å²) >= 11 is 0. The molecule has 0 bridgehead atoms. The first kappa shape index (κ1) is 12.0. The minimum absolute atomic E-state index is 0.421. The average molecular weight is 200 g/mol. The highest BCUT2D eigenvalue weighted by molar-refractivity contribution is 4.67. The van der Waals surface area contributed by atoms with E-state index in [2.05, 4.69) is 20.8 Å². The van der Waals surface area contributed by atoms with Crippen molar-refractivity contribution >= 4 is 0 Å². The molecule has 0 aromatic carbocycles. The maximum atomic E-state index is 5.46. The summed E-state index contributed by atoms with van der Waals surface area (Å²) in [5.41, 5.74) is 0.489. The van der Waals surface area contributed by atoms with Crippen molar-refractivity contribution in [1.29, 1.82) is 0 Å². The SMILES string of the molecule is CC(C)(C)CCCCCOCC1CO1. The predicted molar refractivity (Wildman–Crippen MR) is 58.5 cm³/mol. The van der Waals surface area contributed by atoms with E-state index in [1.165, 1.54) is 25.7 Å². The Kier molecular flexibility index (Phi) is 4.90. The van der Waals surface area contributed by atoms with Gasteiger partial charge in [-0.15, -0.1) is 0 Å². The zero-order valence-electron chi connectivity index (χ0n) is 9.84. The predicted octanol–water partition coefficient (Wildman–Crippen LogP) is 3.01. The Balaban J connectivity index is 1.75. The molecular weight excluding hydrogens is 176 g/mol. The summed E-state index contributed by atoms with van der Waals surface area (Å²) in [5, 5.41) is 0. The van der Waals surface area contributed by atoms with Crippen LogP contribution in [0.15, 0.2) is 0 Å². The smallest absolute Gasteiger partial charge is 0.104 e. The summed E-state index contributed by atoms with van der Waals surface area (Å²) in [6.07, 6.45) is 5.56. The topological polar surface area (TPSA) is 21.8 Å². The molecule has 0 radical (unpaired) electrons. The third-order valence-corrected chi connectivity index (χ3v) is 2.42. The molecule has 2 heteroatoms. The van der Waals surface area contributed by atoms with Crippen LogP contribution < -0.4 is 0 Å². The van der Waals surface area contributed by atoms with Crippen molar-refractivity contribution in [3.63, 3.8) is 0 Å². The molecule has 84 valence electrons. The van der Waals surface area contributed by atoms with E-state index in [9.17, 15) is 0 Å². The summed E-state index contributed by atoms with van der Waals surface area (Å²) in [7, 11) is 0. The molecule has 14 heavy (non-hydrogen) atoms. The molecule has 0 aromatic rings. The Morgan fingerprint density at radius 1 is 1.21 bits per heavy atom. The Morgan fingerprint density at radius 2 is 1.93 bits per heavy atom. The van der Waals surface area contributed by atoms with Crippen LogP contribution >= 0.6 is 0 Å². The summed E-state index contributed by atoms with van der Waals surface area (Å²) in [6, 6.07) is 0. The Labute approximate surface area is 88.0 Å². The molecule has 1 aliphatic heterocycles. The monoisotopic (exact) mass is 200 g/mol. The molecule has 1 unspecified atom stereocenters. The lowest BCUT2D eigenvalue weighted by Gasteiger charge is -2.17. The van der Waals surface area contributed by atoms with Gasteiger partial charge in [0.1, 0.15) is 6.10 Å². The number of ether oxygens (including phenoxy) is 2. The highest BCUT2D eigenvalue weighted by atomic mass is 16.6. The van der Waals surface area contributed by atoms with Gasteiger partial charge in [0.25, 0.3) is 0 Å². The second-order valence-electron chi connectivity index (χ2n) is 5.40. The molecule has 0 aromatic heterocycles. The van der Waals surface area contributed by atoms with E-state index in [-0.39, 0.29) is 0 Å². The van der Waals surface area contributed by atoms with Crippen LogP contribution in [0.3, 0.4) is 0 Å². The molecule has 0 aliphatic carbocycles. The van der Waals surface area contributed by atoms with Gasteiger partial charge in [0.05, 0.1) is 13.2 Å². The van der Waals surface area contributed by atoms with Crippen LogP contribution in [-0.4, -0.2) is 25.9 Å². The second kappa shape index (κ2) is 5.72. The van der Waals surface area contributed by atoms with Gasteiger partial charge < -0.3 is 9.47 Å². The molecule has 0 spiro atoms. The molecule has 0 amide bonds. The lowest BCUT2D eigenvalue weighted by atomic mass is 9.89. The second-order valence-corrected chi connectivity index (χ2v) is 5.40. The van der Waals surface area contributed by atoms with Gasteiger partial charge in [-0.05, 0) is 18.3 Å². The van der Waals surface area contributed by atoms with Crippen molar-refractivity contribution in [2.24, 2.45) is 5.41 Å².